The first-order valence-corrected chi connectivity index (χ1v) is 11.7. The van der Waals surface area contributed by atoms with E-state index in [0.29, 0.717) is 30.3 Å². The van der Waals surface area contributed by atoms with E-state index in [-0.39, 0.29) is 42.7 Å². The molecule has 0 spiro atoms. The molecule has 9 heteroatoms. The number of hydrogen-bond acceptors (Lipinski definition) is 5. The predicted octanol–water partition coefficient (Wildman–Crippen LogP) is 3.38. The lowest BCUT2D eigenvalue weighted by Gasteiger charge is -2.37. The number of halogens is 1. The Hall–Kier alpha value is -3.17. The maximum absolute atomic E-state index is 13.8. The van der Waals surface area contributed by atoms with Gasteiger partial charge in [0.25, 0.3) is 0 Å². The smallest absolute Gasteiger partial charge is 0.323 e. The lowest BCUT2D eigenvalue weighted by Crippen LogP contribution is -2.47. The quantitative estimate of drug-likeness (QED) is 0.497. The molecule has 8 nitrogen and oxygen atoms in total. The van der Waals surface area contributed by atoms with Crippen LogP contribution in [0.4, 0.5) is 20.6 Å². The third-order valence-corrected chi connectivity index (χ3v) is 6.58. The summed E-state index contributed by atoms with van der Waals surface area (Å²) in [5.41, 5.74) is 1.50. The van der Waals surface area contributed by atoms with Crippen molar-refractivity contribution in [1.29, 1.82) is 0 Å². The average Bonchev–Trinajstić information content (AvgIpc) is 3.59. The van der Waals surface area contributed by atoms with Gasteiger partial charge in [0.1, 0.15) is 23.8 Å². The highest BCUT2D eigenvalue weighted by molar-refractivity contribution is 5.99. The Morgan fingerprint density at radius 2 is 1.94 bits per heavy atom. The van der Waals surface area contributed by atoms with E-state index in [1.165, 1.54) is 25.0 Å². The zero-order chi connectivity index (χ0) is 23.7. The Balaban J connectivity index is 1.26. The largest absolute Gasteiger partial charge is 0.487 e. The van der Waals surface area contributed by atoms with Crippen molar-refractivity contribution in [2.75, 3.05) is 23.8 Å². The summed E-state index contributed by atoms with van der Waals surface area (Å²) in [6.45, 7) is 0.489. The number of carbonyl (C=O) groups is 2. The molecular weight excluding hydrogens is 441 g/mol. The van der Waals surface area contributed by atoms with E-state index < -0.39 is 18.0 Å². The van der Waals surface area contributed by atoms with Gasteiger partial charge >= 0.3 is 6.03 Å². The van der Waals surface area contributed by atoms with Crippen LogP contribution >= 0.6 is 0 Å². The van der Waals surface area contributed by atoms with Crippen LogP contribution in [0.2, 0.25) is 0 Å². The van der Waals surface area contributed by atoms with E-state index in [1.807, 2.05) is 6.07 Å². The lowest BCUT2D eigenvalue weighted by molar-refractivity contribution is -0.142. The minimum Gasteiger partial charge on any atom is -0.487 e. The number of nitrogens with one attached hydrogen (secondary N) is 3. The molecule has 0 unspecified atom stereocenters. The summed E-state index contributed by atoms with van der Waals surface area (Å²) in [5.74, 6) is 0.607. The molecule has 34 heavy (non-hydrogen) atoms. The fourth-order valence-corrected chi connectivity index (χ4v) is 4.67. The zero-order valence-corrected chi connectivity index (χ0v) is 18.6. The van der Waals surface area contributed by atoms with Gasteiger partial charge in [-0.2, -0.15) is 0 Å². The second-order valence-electron chi connectivity index (χ2n) is 9.17. The standard InChI is InChI=1S/C25H28FN3O5/c26-19-3-1-2-4-20(19)29-25(32)28-15-7-8-21-17(9-15)18-10-16(33-22(13-30)24(18)34-21)11-23(31)27-12-14-5-6-14/h1-4,7-9,14,16,18,22,24,30H,5-6,10-13H2,(H,27,31)(H2,28,29,32)/t16-,18-,22-,24+/m1/s1. The van der Waals surface area contributed by atoms with Gasteiger partial charge in [0, 0.05) is 23.7 Å². The molecule has 4 atom stereocenters. The average molecular weight is 470 g/mol. The molecule has 2 aromatic carbocycles. The molecule has 0 radical (unpaired) electrons. The van der Waals surface area contributed by atoms with Gasteiger partial charge in [0.2, 0.25) is 5.91 Å². The number of carbonyl (C=O) groups excluding carboxylic acids is 2. The van der Waals surface area contributed by atoms with Crippen molar-refractivity contribution in [1.82, 2.24) is 5.32 Å². The van der Waals surface area contributed by atoms with Crippen LogP contribution in [0.1, 0.15) is 37.2 Å². The maximum Gasteiger partial charge on any atom is 0.323 e. The number of hydrogen-bond donors (Lipinski definition) is 4. The number of aliphatic hydroxyl groups is 1. The Morgan fingerprint density at radius 1 is 1.12 bits per heavy atom. The summed E-state index contributed by atoms with van der Waals surface area (Å²) in [7, 11) is 0. The summed E-state index contributed by atoms with van der Waals surface area (Å²) in [6, 6.07) is 10.7. The second kappa shape index (κ2) is 9.60. The SMILES string of the molecule is O=C(C[C@H]1C[C@@H]2c3cc(NC(=O)Nc4ccccc4F)ccc3O[C@@H]2[C@@H](CO)O1)NCC1CC1. The Kier molecular flexibility index (Phi) is 6.38. The van der Waals surface area contributed by atoms with E-state index in [4.69, 9.17) is 9.47 Å². The highest BCUT2D eigenvalue weighted by atomic mass is 19.1. The number of urea groups is 1. The minimum absolute atomic E-state index is 0.0496. The van der Waals surface area contributed by atoms with Crippen LogP contribution in [0, 0.1) is 11.7 Å². The normalized spacial score (nSPS) is 25.0. The number of benzene rings is 2. The molecule has 5 rings (SSSR count). The molecule has 180 valence electrons. The Labute approximate surface area is 196 Å². The summed E-state index contributed by atoms with van der Waals surface area (Å²) in [6.07, 6.45) is 1.87. The van der Waals surface area contributed by atoms with Gasteiger partial charge in [-0.15, -0.1) is 0 Å². The minimum atomic E-state index is -0.564. The number of para-hydroxylation sites is 1. The highest BCUT2D eigenvalue weighted by Gasteiger charge is 2.46. The van der Waals surface area contributed by atoms with Gasteiger partial charge in [-0.05, 0) is 55.5 Å². The molecule has 2 heterocycles. The van der Waals surface area contributed by atoms with Gasteiger partial charge in [0.05, 0.1) is 24.8 Å². The van der Waals surface area contributed by atoms with Gasteiger partial charge in [0.15, 0.2) is 0 Å². The van der Waals surface area contributed by atoms with E-state index in [9.17, 15) is 19.1 Å². The van der Waals surface area contributed by atoms with E-state index in [2.05, 4.69) is 16.0 Å². The van der Waals surface area contributed by atoms with Crippen molar-refractivity contribution in [3.05, 3.63) is 53.8 Å². The van der Waals surface area contributed by atoms with Crippen LogP contribution in [0.5, 0.6) is 5.75 Å². The lowest BCUT2D eigenvalue weighted by atomic mass is 9.84. The van der Waals surface area contributed by atoms with Crippen LogP contribution in [0.25, 0.3) is 0 Å². The Bertz CT molecular complexity index is 1080. The number of anilines is 2. The van der Waals surface area contributed by atoms with Gasteiger partial charge in [-0.1, -0.05) is 12.1 Å². The second-order valence-corrected chi connectivity index (χ2v) is 9.17. The van der Waals surface area contributed by atoms with Crippen molar-refractivity contribution in [3.8, 4) is 5.75 Å². The number of rotatable bonds is 7. The fraction of sp³-hybridized carbons (Fsp3) is 0.440. The van der Waals surface area contributed by atoms with Crippen molar-refractivity contribution >= 4 is 23.3 Å². The molecule has 4 N–H and O–H groups in total. The number of fused-ring (bicyclic) bond motifs is 3. The predicted molar refractivity (Wildman–Crippen MR) is 123 cm³/mol. The molecular formula is C25H28FN3O5. The Morgan fingerprint density at radius 3 is 2.71 bits per heavy atom. The monoisotopic (exact) mass is 469 g/mol. The third kappa shape index (κ3) is 5.00. The van der Waals surface area contributed by atoms with E-state index in [1.54, 1.807) is 24.3 Å². The van der Waals surface area contributed by atoms with Crippen molar-refractivity contribution < 1.29 is 28.6 Å². The van der Waals surface area contributed by atoms with E-state index >= 15 is 0 Å². The van der Waals surface area contributed by atoms with Crippen LogP contribution < -0.4 is 20.7 Å². The van der Waals surface area contributed by atoms with Crippen LogP contribution in [0.15, 0.2) is 42.5 Å². The van der Waals surface area contributed by atoms with Gasteiger partial charge in [-0.25, -0.2) is 9.18 Å². The molecule has 3 amide bonds. The molecule has 2 fully saturated rings. The molecule has 2 aromatic rings. The molecule has 1 saturated heterocycles. The number of ether oxygens (including phenoxy) is 2. The van der Waals surface area contributed by atoms with Crippen molar-refractivity contribution in [2.24, 2.45) is 5.92 Å². The third-order valence-electron chi connectivity index (χ3n) is 6.58. The van der Waals surface area contributed by atoms with Crippen molar-refractivity contribution in [2.45, 2.75) is 49.9 Å². The first kappa shape index (κ1) is 22.6. The molecule has 1 saturated carbocycles. The number of aliphatic hydroxyl groups excluding tert-OH is 1. The molecule has 0 bridgehead atoms. The maximum atomic E-state index is 13.8. The summed E-state index contributed by atoms with van der Waals surface area (Å²) < 4.78 is 25.9. The van der Waals surface area contributed by atoms with Crippen LogP contribution in [-0.4, -0.2) is 48.5 Å². The first-order valence-electron chi connectivity index (χ1n) is 11.7. The first-order chi connectivity index (χ1) is 16.5. The molecule has 2 aliphatic heterocycles. The molecule has 0 aromatic heterocycles. The highest BCUT2D eigenvalue weighted by Crippen LogP contribution is 2.47. The van der Waals surface area contributed by atoms with Crippen LogP contribution in [-0.2, 0) is 9.53 Å². The van der Waals surface area contributed by atoms with E-state index in [0.717, 1.165) is 5.56 Å². The topological polar surface area (TPSA) is 109 Å². The van der Waals surface area contributed by atoms with Crippen molar-refractivity contribution in [3.63, 3.8) is 0 Å². The number of amides is 3. The molecule has 1 aliphatic carbocycles. The van der Waals surface area contributed by atoms with Crippen LogP contribution in [0.3, 0.4) is 0 Å². The molecule has 3 aliphatic rings. The van der Waals surface area contributed by atoms with Gasteiger partial charge in [-0.3, -0.25) is 4.79 Å². The summed E-state index contributed by atoms with van der Waals surface area (Å²) >= 11 is 0. The zero-order valence-electron chi connectivity index (χ0n) is 18.6. The fourth-order valence-electron chi connectivity index (χ4n) is 4.67. The summed E-state index contributed by atoms with van der Waals surface area (Å²) in [5, 5.41) is 18.1. The summed E-state index contributed by atoms with van der Waals surface area (Å²) in [4.78, 5) is 24.7. The van der Waals surface area contributed by atoms with Gasteiger partial charge < -0.3 is 30.5 Å².